The molecule has 2 N–H and O–H groups in total. The predicted molar refractivity (Wildman–Crippen MR) is 72.4 cm³/mol. The largest absolute Gasteiger partial charge is 0.417 e. The lowest BCUT2D eigenvalue weighted by Gasteiger charge is -2.29. The lowest BCUT2D eigenvalue weighted by Crippen LogP contribution is -2.51. The summed E-state index contributed by atoms with van der Waals surface area (Å²) in [4.78, 5) is 12.0. The van der Waals surface area contributed by atoms with Gasteiger partial charge in [-0.1, -0.05) is 15.9 Å². The monoisotopic (exact) mass is 353 g/mol. The van der Waals surface area contributed by atoms with Crippen molar-refractivity contribution in [1.82, 2.24) is 5.32 Å². The number of halogens is 4. The van der Waals surface area contributed by atoms with E-state index in [4.69, 9.17) is 0 Å². The summed E-state index contributed by atoms with van der Waals surface area (Å²) in [5, 5.41) is 11.9. The Morgan fingerprint density at radius 1 is 1.35 bits per heavy atom. The summed E-state index contributed by atoms with van der Waals surface area (Å²) in [6.07, 6.45) is -5.54. The van der Waals surface area contributed by atoms with Gasteiger partial charge in [0.2, 0.25) is 0 Å². The van der Waals surface area contributed by atoms with Crippen molar-refractivity contribution < 1.29 is 23.1 Å². The zero-order valence-corrected chi connectivity index (χ0v) is 12.8. The minimum atomic E-state index is -4.63. The van der Waals surface area contributed by atoms with Gasteiger partial charge in [-0.2, -0.15) is 13.2 Å². The Balaban J connectivity index is 3.18. The van der Waals surface area contributed by atoms with Crippen LogP contribution in [0.3, 0.4) is 0 Å². The van der Waals surface area contributed by atoms with Crippen LogP contribution in [0.5, 0.6) is 0 Å². The molecule has 20 heavy (non-hydrogen) atoms. The highest BCUT2D eigenvalue weighted by Crippen LogP contribution is 2.34. The molecular weight excluding hydrogens is 339 g/mol. The van der Waals surface area contributed by atoms with Crippen molar-refractivity contribution in [3.05, 3.63) is 33.8 Å². The normalized spacial score (nSPS) is 14.0. The number of carbonyl (C=O) groups is 1. The zero-order chi connectivity index (χ0) is 15.7. The van der Waals surface area contributed by atoms with Crippen LogP contribution in [0.2, 0.25) is 0 Å². The number of hydrogen-bond acceptors (Lipinski definition) is 2. The lowest BCUT2D eigenvalue weighted by atomic mass is 9.97. The first-order chi connectivity index (χ1) is 8.95. The fourth-order valence-corrected chi connectivity index (χ4v) is 1.77. The molecule has 1 aromatic carbocycles. The SMILES string of the molecule is CC(O)C(C)(C)NC(=O)c1ccc(Br)cc1C(F)(F)F. The van der Waals surface area contributed by atoms with Crippen LogP contribution in [0.4, 0.5) is 13.2 Å². The molecule has 1 amide bonds. The van der Waals surface area contributed by atoms with Crippen LogP contribution in [-0.4, -0.2) is 22.7 Å². The molecule has 0 fully saturated rings. The summed E-state index contributed by atoms with van der Waals surface area (Å²) in [7, 11) is 0. The van der Waals surface area contributed by atoms with Crippen molar-refractivity contribution in [3.63, 3.8) is 0 Å². The average Bonchev–Trinajstić information content (AvgIpc) is 2.26. The summed E-state index contributed by atoms with van der Waals surface area (Å²) in [5.41, 5.74) is -2.53. The van der Waals surface area contributed by atoms with E-state index in [0.717, 1.165) is 12.1 Å². The van der Waals surface area contributed by atoms with Gasteiger partial charge in [0.1, 0.15) is 0 Å². The molecule has 3 nitrogen and oxygen atoms in total. The number of benzene rings is 1. The summed E-state index contributed by atoms with van der Waals surface area (Å²) in [6, 6.07) is 3.31. The maximum Gasteiger partial charge on any atom is 0.417 e. The van der Waals surface area contributed by atoms with E-state index in [9.17, 15) is 23.1 Å². The van der Waals surface area contributed by atoms with E-state index in [0.29, 0.717) is 0 Å². The van der Waals surface area contributed by atoms with Gasteiger partial charge in [0.15, 0.2) is 0 Å². The summed E-state index contributed by atoms with van der Waals surface area (Å²) in [6.45, 7) is 4.51. The van der Waals surface area contributed by atoms with Crippen molar-refractivity contribution in [1.29, 1.82) is 0 Å². The maximum absolute atomic E-state index is 12.9. The zero-order valence-electron chi connectivity index (χ0n) is 11.2. The summed E-state index contributed by atoms with van der Waals surface area (Å²) in [5.74, 6) is -0.879. The van der Waals surface area contributed by atoms with Crippen molar-refractivity contribution in [2.24, 2.45) is 0 Å². The molecule has 1 rings (SSSR count). The van der Waals surface area contributed by atoms with Crippen LogP contribution in [0.15, 0.2) is 22.7 Å². The molecule has 112 valence electrons. The van der Waals surface area contributed by atoms with Gasteiger partial charge in [0.25, 0.3) is 5.91 Å². The summed E-state index contributed by atoms with van der Waals surface area (Å²) < 4.78 is 39.0. The first kappa shape index (κ1) is 17.0. The molecule has 0 aromatic heterocycles. The van der Waals surface area contributed by atoms with E-state index >= 15 is 0 Å². The molecular formula is C13H15BrF3NO2. The highest BCUT2D eigenvalue weighted by molar-refractivity contribution is 9.10. The third-order valence-corrected chi connectivity index (χ3v) is 3.51. The Labute approximate surface area is 123 Å². The molecule has 0 aliphatic heterocycles. The van der Waals surface area contributed by atoms with Gasteiger partial charge in [-0.3, -0.25) is 4.79 Å². The van der Waals surface area contributed by atoms with Crippen LogP contribution in [0, 0.1) is 0 Å². The van der Waals surface area contributed by atoms with Crippen molar-refractivity contribution in [3.8, 4) is 0 Å². The number of aliphatic hydroxyl groups excluding tert-OH is 1. The Kier molecular flexibility index (Phi) is 4.86. The second kappa shape index (κ2) is 5.73. The summed E-state index contributed by atoms with van der Waals surface area (Å²) >= 11 is 2.95. The van der Waals surface area contributed by atoms with Crippen molar-refractivity contribution >= 4 is 21.8 Å². The second-order valence-electron chi connectivity index (χ2n) is 5.04. The quantitative estimate of drug-likeness (QED) is 0.875. The predicted octanol–water partition coefficient (Wildman–Crippen LogP) is 3.36. The molecule has 1 unspecified atom stereocenters. The average molecular weight is 354 g/mol. The van der Waals surface area contributed by atoms with Gasteiger partial charge in [0.05, 0.1) is 22.8 Å². The number of alkyl halides is 3. The molecule has 1 atom stereocenters. The Hall–Kier alpha value is -1.08. The first-order valence-electron chi connectivity index (χ1n) is 5.82. The number of carbonyl (C=O) groups excluding carboxylic acids is 1. The molecule has 0 bridgehead atoms. The highest BCUT2D eigenvalue weighted by Gasteiger charge is 2.36. The standard InChI is InChI=1S/C13H15BrF3NO2/c1-7(19)12(2,3)18-11(20)9-5-4-8(14)6-10(9)13(15,16)17/h4-7,19H,1-3H3,(H,18,20). The molecule has 0 aliphatic rings. The van der Waals surface area contributed by atoms with Crippen LogP contribution in [-0.2, 0) is 6.18 Å². The second-order valence-corrected chi connectivity index (χ2v) is 5.96. The minimum Gasteiger partial charge on any atom is -0.391 e. The molecule has 7 heteroatoms. The van der Waals surface area contributed by atoms with Gasteiger partial charge in [-0.15, -0.1) is 0 Å². The fraction of sp³-hybridized carbons (Fsp3) is 0.462. The van der Waals surface area contributed by atoms with Gasteiger partial charge in [-0.25, -0.2) is 0 Å². The minimum absolute atomic E-state index is 0.233. The van der Waals surface area contributed by atoms with Crippen LogP contribution in [0.25, 0.3) is 0 Å². The molecule has 0 spiro atoms. The Bertz CT molecular complexity index is 513. The topological polar surface area (TPSA) is 49.3 Å². The highest BCUT2D eigenvalue weighted by atomic mass is 79.9. The van der Waals surface area contributed by atoms with E-state index in [2.05, 4.69) is 21.2 Å². The number of aliphatic hydroxyl groups is 1. The van der Waals surface area contributed by atoms with E-state index in [1.807, 2.05) is 0 Å². The lowest BCUT2D eigenvalue weighted by molar-refractivity contribution is -0.138. The van der Waals surface area contributed by atoms with Crippen molar-refractivity contribution in [2.75, 3.05) is 0 Å². The van der Waals surface area contributed by atoms with Crippen molar-refractivity contribution in [2.45, 2.75) is 38.6 Å². The third kappa shape index (κ3) is 3.96. The third-order valence-electron chi connectivity index (χ3n) is 3.01. The van der Waals surface area contributed by atoms with Gasteiger partial charge in [0, 0.05) is 4.47 Å². The number of amides is 1. The maximum atomic E-state index is 12.9. The van der Waals surface area contributed by atoms with Gasteiger partial charge >= 0.3 is 6.18 Å². The van der Waals surface area contributed by atoms with E-state index in [1.54, 1.807) is 0 Å². The molecule has 0 saturated heterocycles. The Morgan fingerprint density at radius 3 is 2.35 bits per heavy atom. The first-order valence-corrected chi connectivity index (χ1v) is 6.62. The number of nitrogens with one attached hydrogen (secondary N) is 1. The molecule has 0 aliphatic carbocycles. The molecule has 1 aromatic rings. The smallest absolute Gasteiger partial charge is 0.391 e. The van der Waals surface area contributed by atoms with E-state index in [-0.39, 0.29) is 4.47 Å². The molecule has 0 heterocycles. The van der Waals surface area contributed by atoms with Crippen LogP contribution >= 0.6 is 15.9 Å². The molecule has 0 radical (unpaired) electrons. The van der Waals surface area contributed by atoms with E-state index < -0.39 is 34.9 Å². The van der Waals surface area contributed by atoms with Gasteiger partial charge in [-0.05, 0) is 39.0 Å². The fourth-order valence-electron chi connectivity index (χ4n) is 1.41. The number of hydrogen-bond donors (Lipinski definition) is 2. The number of rotatable bonds is 3. The Morgan fingerprint density at radius 2 is 1.90 bits per heavy atom. The van der Waals surface area contributed by atoms with E-state index in [1.165, 1.54) is 26.8 Å². The molecule has 0 saturated carbocycles. The van der Waals surface area contributed by atoms with Gasteiger partial charge < -0.3 is 10.4 Å². The van der Waals surface area contributed by atoms with Crippen LogP contribution < -0.4 is 5.32 Å². The van der Waals surface area contributed by atoms with Crippen LogP contribution in [0.1, 0.15) is 36.7 Å².